The fourth-order valence-electron chi connectivity index (χ4n) is 6.10. The van der Waals surface area contributed by atoms with Crippen molar-refractivity contribution >= 4 is 28.3 Å². The van der Waals surface area contributed by atoms with Crippen molar-refractivity contribution in [3.63, 3.8) is 0 Å². The van der Waals surface area contributed by atoms with Gasteiger partial charge in [0.2, 0.25) is 0 Å². The van der Waals surface area contributed by atoms with Crippen LogP contribution in [0, 0.1) is 11.7 Å². The lowest BCUT2D eigenvalue weighted by Gasteiger charge is -2.34. The van der Waals surface area contributed by atoms with Gasteiger partial charge >= 0.3 is 0 Å². The molecule has 1 amide bonds. The molecule has 0 aliphatic carbocycles. The maximum Gasteiger partial charge on any atom is 0.256 e. The predicted octanol–water partition coefficient (Wildman–Crippen LogP) is 5.51. The van der Waals surface area contributed by atoms with Crippen molar-refractivity contribution in [2.24, 2.45) is 13.0 Å². The van der Waals surface area contributed by atoms with Crippen molar-refractivity contribution < 1.29 is 9.18 Å². The lowest BCUT2D eigenvalue weighted by molar-refractivity contribution is 0.0783. The molecule has 5 nitrogen and oxygen atoms in total. The number of thiophene rings is 1. The standard InChI is InChI=1S/C29H31FN4OS/c1-32-19-31-28-25(3-2-4-27(28)32)29(35)34-16-23(26(17-34)22-11-14-36-18-22)15-33-12-9-21(10-13-33)20-5-7-24(30)8-6-20/h2-8,11,14,18-19,21,23,26H,9-10,12-13,15-17H2,1H3/t23?,26-/m0/s1. The van der Waals surface area contributed by atoms with Gasteiger partial charge in [-0.05, 0) is 90.0 Å². The zero-order chi connectivity index (χ0) is 24.6. The number of aromatic nitrogens is 2. The highest BCUT2D eigenvalue weighted by molar-refractivity contribution is 7.08. The van der Waals surface area contributed by atoms with Crippen molar-refractivity contribution in [2.75, 3.05) is 32.7 Å². The first-order chi connectivity index (χ1) is 17.6. The lowest BCUT2D eigenvalue weighted by Crippen LogP contribution is -2.38. The maximum absolute atomic E-state index is 13.7. The molecule has 2 aromatic heterocycles. The van der Waals surface area contributed by atoms with Crippen LogP contribution in [0.3, 0.4) is 0 Å². The summed E-state index contributed by atoms with van der Waals surface area (Å²) in [7, 11) is 1.96. The van der Waals surface area contributed by atoms with Gasteiger partial charge in [0.05, 0.1) is 17.4 Å². The van der Waals surface area contributed by atoms with Crippen LogP contribution in [0.15, 0.2) is 65.6 Å². The van der Waals surface area contributed by atoms with Gasteiger partial charge in [-0.1, -0.05) is 18.2 Å². The van der Waals surface area contributed by atoms with Gasteiger partial charge in [0.15, 0.2) is 0 Å². The summed E-state index contributed by atoms with van der Waals surface area (Å²) >= 11 is 1.73. The Hall–Kier alpha value is -3.03. The second-order valence-electron chi connectivity index (χ2n) is 10.3. The van der Waals surface area contributed by atoms with Crippen LogP contribution >= 0.6 is 11.3 Å². The predicted molar refractivity (Wildman–Crippen MR) is 142 cm³/mol. The number of rotatable bonds is 5. The van der Waals surface area contributed by atoms with Crippen molar-refractivity contribution in [2.45, 2.75) is 24.7 Å². The van der Waals surface area contributed by atoms with Gasteiger partial charge in [-0.25, -0.2) is 9.37 Å². The van der Waals surface area contributed by atoms with E-state index >= 15 is 0 Å². The van der Waals surface area contributed by atoms with Gasteiger partial charge in [0.1, 0.15) is 11.3 Å². The van der Waals surface area contributed by atoms with Crippen LogP contribution in [-0.4, -0.2) is 58.0 Å². The molecule has 0 bridgehead atoms. The van der Waals surface area contributed by atoms with E-state index in [0.29, 0.717) is 23.3 Å². The first kappa shape index (κ1) is 23.4. The Morgan fingerprint density at radius 3 is 2.61 bits per heavy atom. The summed E-state index contributed by atoms with van der Waals surface area (Å²) in [6.07, 6.45) is 3.95. The molecule has 2 fully saturated rings. The molecule has 2 aliphatic rings. The highest BCUT2D eigenvalue weighted by Gasteiger charge is 2.38. The van der Waals surface area contributed by atoms with Crippen LogP contribution in [0.2, 0.25) is 0 Å². The number of fused-ring (bicyclic) bond motifs is 1. The Bertz CT molecular complexity index is 1340. The minimum absolute atomic E-state index is 0.0806. The van der Waals surface area contributed by atoms with Crippen molar-refractivity contribution in [3.05, 3.63) is 88.1 Å². The number of carbonyl (C=O) groups excluding carboxylic acids is 1. The lowest BCUT2D eigenvalue weighted by atomic mass is 9.87. The normalized spacial score (nSPS) is 21.4. The SMILES string of the molecule is Cn1cnc2c(C(=O)N3CC(CN4CCC(c5ccc(F)cc5)CC4)[C@H](c4ccsc4)C3)cccc21. The van der Waals surface area contributed by atoms with E-state index in [4.69, 9.17) is 0 Å². The first-order valence-electron chi connectivity index (χ1n) is 12.8. The van der Waals surface area contributed by atoms with Crippen molar-refractivity contribution in [1.82, 2.24) is 19.4 Å². The summed E-state index contributed by atoms with van der Waals surface area (Å²) in [5.74, 6) is 1.15. The van der Waals surface area contributed by atoms with Gasteiger partial charge in [-0.2, -0.15) is 11.3 Å². The Morgan fingerprint density at radius 1 is 1.06 bits per heavy atom. The summed E-state index contributed by atoms with van der Waals surface area (Å²) < 4.78 is 15.3. The van der Waals surface area contributed by atoms with Crippen LogP contribution in [-0.2, 0) is 7.05 Å². The molecular formula is C29H31FN4OS. The van der Waals surface area contributed by atoms with E-state index in [1.165, 1.54) is 11.1 Å². The maximum atomic E-state index is 13.7. The molecule has 7 heteroatoms. The number of piperidine rings is 1. The third kappa shape index (κ3) is 4.46. The fourth-order valence-corrected chi connectivity index (χ4v) is 6.83. The zero-order valence-corrected chi connectivity index (χ0v) is 21.3. The average Bonchev–Trinajstić information content (AvgIpc) is 3.65. The molecule has 0 spiro atoms. The highest BCUT2D eigenvalue weighted by atomic mass is 32.1. The van der Waals surface area contributed by atoms with E-state index in [9.17, 15) is 9.18 Å². The molecule has 36 heavy (non-hydrogen) atoms. The van der Waals surface area contributed by atoms with E-state index in [1.54, 1.807) is 29.8 Å². The minimum atomic E-state index is -0.171. The van der Waals surface area contributed by atoms with E-state index in [2.05, 4.69) is 26.7 Å². The molecule has 2 atom stereocenters. The molecule has 2 aromatic carbocycles. The highest BCUT2D eigenvalue weighted by Crippen LogP contribution is 2.37. The smallest absolute Gasteiger partial charge is 0.256 e. The van der Waals surface area contributed by atoms with Crippen LogP contribution in [0.4, 0.5) is 4.39 Å². The number of halogens is 1. The van der Waals surface area contributed by atoms with Crippen LogP contribution in [0.25, 0.3) is 11.0 Å². The molecule has 0 radical (unpaired) electrons. The van der Waals surface area contributed by atoms with E-state index in [0.717, 1.165) is 56.6 Å². The summed E-state index contributed by atoms with van der Waals surface area (Å²) in [5, 5.41) is 4.38. The number of hydrogen-bond donors (Lipinski definition) is 0. The van der Waals surface area contributed by atoms with Crippen molar-refractivity contribution in [1.29, 1.82) is 0 Å². The van der Waals surface area contributed by atoms with Crippen LogP contribution in [0.1, 0.15) is 46.2 Å². The molecule has 2 aliphatic heterocycles. The first-order valence-corrected chi connectivity index (χ1v) is 13.7. The Labute approximate surface area is 215 Å². The Kier molecular flexibility index (Phi) is 6.36. The van der Waals surface area contributed by atoms with E-state index in [-0.39, 0.29) is 11.7 Å². The molecule has 0 N–H and O–H groups in total. The molecule has 186 valence electrons. The number of aryl methyl sites for hydroxylation is 1. The Balaban J connectivity index is 1.17. The largest absolute Gasteiger partial charge is 0.338 e. The third-order valence-corrected chi connectivity index (χ3v) is 8.81. The molecule has 6 rings (SSSR count). The second kappa shape index (κ2) is 9.79. The molecule has 2 saturated heterocycles. The fraction of sp³-hybridized carbons (Fsp3) is 0.379. The summed E-state index contributed by atoms with van der Waals surface area (Å²) in [6.45, 7) is 4.58. The topological polar surface area (TPSA) is 41.4 Å². The summed E-state index contributed by atoms with van der Waals surface area (Å²) in [4.78, 5) is 22.8. The summed E-state index contributed by atoms with van der Waals surface area (Å²) in [6, 6.07) is 15.1. The molecule has 4 heterocycles. The number of para-hydroxylation sites is 1. The number of likely N-dealkylation sites (tertiary alicyclic amines) is 2. The van der Waals surface area contributed by atoms with E-state index < -0.39 is 0 Å². The van der Waals surface area contributed by atoms with Gasteiger partial charge in [0, 0.05) is 32.6 Å². The quantitative estimate of drug-likeness (QED) is 0.361. The number of nitrogens with zero attached hydrogens (tertiary/aromatic N) is 4. The van der Waals surface area contributed by atoms with Gasteiger partial charge in [0.25, 0.3) is 5.91 Å². The van der Waals surface area contributed by atoms with E-state index in [1.807, 2.05) is 46.8 Å². The molecule has 0 saturated carbocycles. The molecule has 1 unspecified atom stereocenters. The van der Waals surface area contributed by atoms with Crippen molar-refractivity contribution in [3.8, 4) is 0 Å². The molecule has 4 aromatic rings. The Morgan fingerprint density at radius 2 is 1.86 bits per heavy atom. The monoisotopic (exact) mass is 502 g/mol. The number of imidazole rings is 1. The summed E-state index contributed by atoms with van der Waals surface area (Å²) in [5.41, 5.74) is 5.04. The number of carbonyl (C=O) groups is 1. The zero-order valence-electron chi connectivity index (χ0n) is 20.5. The molecular weight excluding hydrogens is 471 g/mol. The number of benzene rings is 2. The van der Waals surface area contributed by atoms with Crippen LogP contribution in [0.5, 0.6) is 0 Å². The number of amides is 1. The van der Waals surface area contributed by atoms with Gasteiger partial charge in [-0.3, -0.25) is 4.79 Å². The second-order valence-corrected chi connectivity index (χ2v) is 11.1. The average molecular weight is 503 g/mol. The van der Waals surface area contributed by atoms with Gasteiger partial charge in [-0.15, -0.1) is 0 Å². The number of hydrogen-bond acceptors (Lipinski definition) is 4. The van der Waals surface area contributed by atoms with Gasteiger partial charge < -0.3 is 14.4 Å². The third-order valence-electron chi connectivity index (χ3n) is 8.11. The van der Waals surface area contributed by atoms with Crippen LogP contribution < -0.4 is 0 Å². The minimum Gasteiger partial charge on any atom is -0.338 e.